The maximum atomic E-state index is 8.40. The van der Waals surface area contributed by atoms with Crippen LogP contribution in [0.1, 0.15) is 4.44 Å². The summed E-state index contributed by atoms with van der Waals surface area (Å²) >= 11 is 0.318. The zero-order chi connectivity index (χ0) is 8.10. The Labute approximate surface area is 70.7 Å². The number of rotatable bonds is 1. The summed E-state index contributed by atoms with van der Waals surface area (Å²) in [5.41, 5.74) is 0.182. The third kappa shape index (κ3) is 2.09. The predicted octanol–water partition coefficient (Wildman–Crippen LogP) is 1.17. The minimum atomic E-state index is 0.182. The average molecular weight is 207 g/mol. The van der Waals surface area contributed by atoms with Crippen LogP contribution in [0.2, 0.25) is 0 Å². The zero-order valence-electron chi connectivity index (χ0n) is 5.61. The van der Waals surface area contributed by atoms with E-state index in [1.165, 1.54) is 0 Å². The van der Waals surface area contributed by atoms with Crippen molar-refractivity contribution in [2.75, 3.05) is 0 Å². The van der Waals surface area contributed by atoms with Crippen LogP contribution < -0.4 is 0 Å². The molecule has 1 rings (SSSR count). The second-order valence-corrected chi connectivity index (χ2v) is 3.85. The van der Waals surface area contributed by atoms with Gasteiger partial charge in [-0.15, -0.1) is 0 Å². The molecule has 52 valence electrons. The molecule has 0 bridgehead atoms. The fourth-order valence-electron chi connectivity index (χ4n) is 0.605. The molecule has 0 fully saturated rings. The van der Waals surface area contributed by atoms with Gasteiger partial charge >= 0.3 is 70.3 Å². The zero-order valence-corrected chi connectivity index (χ0v) is 7.33. The van der Waals surface area contributed by atoms with E-state index in [0.29, 0.717) is 14.5 Å². The molecule has 2 nitrogen and oxygen atoms in total. The van der Waals surface area contributed by atoms with Gasteiger partial charge in [0.15, 0.2) is 0 Å². The van der Waals surface area contributed by atoms with Crippen molar-refractivity contribution in [1.82, 2.24) is 0 Å². The number of hydrogen-bond donors (Lipinski definition) is 0. The standard InChI is InChI=1S/C8H4N2Se/c9-5-7(6-10)4-8-2-1-3-11-8/h1-4H. The van der Waals surface area contributed by atoms with Crippen LogP contribution in [0.4, 0.5) is 0 Å². The van der Waals surface area contributed by atoms with Gasteiger partial charge in [-0.25, -0.2) is 0 Å². The van der Waals surface area contributed by atoms with Crippen LogP contribution in [0.3, 0.4) is 0 Å². The monoisotopic (exact) mass is 208 g/mol. The summed E-state index contributed by atoms with van der Waals surface area (Å²) in [5.74, 6) is 0. The molecule has 0 unspecified atom stereocenters. The van der Waals surface area contributed by atoms with E-state index in [2.05, 4.69) is 0 Å². The van der Waals surface area contributed by atoms with E-state index in [0.717, 1.165) is 4.44 Å². The Morgan fingerprint density at radius 1 is 1.45 bits per heavy atom. The van der Waals surface area contributed by atoms with Gasteiger partial charge in [-0.1, -0.05) is 0 Å². The van der Waals surface area contributed by atoms with E-state index in [4.69, 9.17) is 10.5 Å². The molecule has 0 aliphatic carbocycles. The summed E-state index contributed by atoms with van der Waals surface area (Å²) in [6, 6.07) is 7.51. The van der Waals surface area contributed by atoms with Gasteiger partial charge < -0.3 is 0 Å². The summed E-state index contributed by atoms with van der Waals surface area (Å²) in [5, 5.41) is 16.8. The summed E-state index contributed by atoms with van der Waals surface area (Å²) in [7, 11) is 0. The molecule has 0 aromatic carbocycles. The second-order valence-electron chi connectivity index (χ2n) is 1.80. The van der Waals surface area contributed by atoms with Gasteiger partial charge in [-0.05, 0) is 0 Å². The van der Waals surface area contributed by atoms with E-state index >= 15 is 0 Å². The molecule has 0 atom stereocenters. The maximum absolute atomic E-state index is 8.40. The number of hydrogen-bond acceptors (Lipinski definition) is 2. The van der Waals surface area contributed by atoms with E-state index < -0.39 is 0 Å². The SMILES string of the molecule is N#CC(C#N)=Cc1ccc[se]1. The van der Waals surface area contributed by atoms with Crippen LogP contribution in [0.25, 0.3) is 6.08 Å². The molecule has 0 saturated heterocycles. The van der Waals surface area contributed by atoms with Gasteiger partial charge in [0.25, 0.3) is 0 Å². The molecule has 0 N–H and O–H groups in total. The van der Waals surface area contributed by atoms with Crippen LogP contribution in [-0.4, -0.2) is 14.5 Å². The van der Waals surface area contributed by atoms with Crippen molar-refractivity contribution < 1.29 is 0 Å². The topological polar surface area (TPSA) is 47.6 Å². The molecular formula is C8H4N2Se. The van der Waals surface area contributed by atoms with E-state index in [-0.39, 0.29) is 5.57 Å². The van der Waals surface area contributed by atoms with Gasteiger partial charge in [-0.3, -0.25) is 0 Å². The van der Waals surface area contributed by atoms with Crippen LogP contribution in [0, 0.1) is 22.7 Å². The van der Waals surface area contributed by atoms with Crippen molar-refractivity contribution in [3.63, 3.8) is 0 Å². The summed E-state index contributed by atoms with van der Waals surface area (Å²) < 4.78 is 1.08. The molecular weight excluding hydrogens is 203 g/mol. The third-order valence-corrected chi connectivity index (χ3v) is 2.79. The molecule has 3 heteroatoms. The van der Waals surface area contributed by atoms with Crippen LogP contribution in [0.15, 0.2) is 22.6 Å². The Hall–Kier alpha value is -1.28. The van der Waals surface area contributed by atoms with Crippen molar-refractivity contribution >= 4 is 20.6 Å². The van der Waals surface area contributed by atoms with Crippen molar-refractivity contribution in [3.05, 3.63) is 27.1 Å². The van der Waals surface area contributed by atoms with Crippen LogP contribution in [-0.2, 0) is 0 Å². The van der Waals surface area contributed by atoms with Crippen molar-refractivity contribution in [3.8, 4) is 12.1 Å². The fourth-order valence-corrected chi connectivity index (χ4v) is 1.98. The van der Waals surface area contributed by atoms with Crippen molar-refractivity contribution in [2.45, 2.75) is 0 Å². The van der Waals surface area contributed by atoms with Crippen LogP contribution in [0.5, 0.6) is 0 Å². The average Bonchev–Trinajstić information content (AvgIpc) is 2.52. The second kappa shape index (κ2) is 3.78. The molecule has 0 saturated carbocycles. The first-order chi connectivity index (χ1) is 5.36. The van der Waals surface area contributed by atoms with Gasteiger partial charge in [0.2, 0.25) is 0 Å². The number of nitrogens with zero attached hydrogens (tertiary/aromatic N) is 2. The van der Waals surface area contributed by atoms with Gasteiger partial charge in [0.05, 0.1) is 0 Å². The molecule has 0 amide bonds. The van der Waals surface area contributed by atoms with E-state index in [1.54, 1.807) is 6.08 Å². The number of allylic oxidation sites excluding steroid dienone is 1. The molecule has 0 aliphatic rings. The summed E-state index contributed by atoms with van der Waals surface area (Å²) in [6.07, 6.45) is 1.64. The third-order valence-electron chi connectivity index (χ3n) is 1.07. The Balaban J connectivity index is 2.93. The van der Waals surface area contributed by atoms with Gasteiger partial charge in [-0.2, -0.15) is 0 Å². The molecule has 0 radical (unpaired) electrons. The van der Waals surface area contributed by atoms with Crippen molar-refractivity contribution in [1.29, 1.82) is 10.5 Å². The molecule has 11 heavy (non-hydrogen) atoms. The van der Waals surface area contributed by atoms with E-state index in [9.17, 15) is 0 Å². The molecule has 1 heterocycles. The normalized spacial score (nSPS) is 7.82. The Morgan fingerprint density at radius 3 is 2.64 bits per heavy atom. The summed E-state index contributed by atoms with van der Waals surface area (Å²) in [4.78, 5) is 2.05. The van der Waals surface area contributed by atoms with Crippen LogP contribution >= 0.6 is 0 Å². The van der Waals surface area contributed by atoms with Crippen molar-refractivity contribution in [2.24, 2.45) is 0 Å². The quantitative estimate of drug-likeness (QED) is 0.512. The molecule has 1 aromatic heterocycles. The number of nitriles is 2. The minimum absolute atomic E-state index is 0.182. The first kappa shape index (κ1) is 7.82. The molecule has 0 spiro atoms. The van der Waals surface area contributed by atoms with Gasteiger partial charge in [0, 0.05) is 0 Å². The van der Waals surface area contributed by atoms with E-state index in [1.807, 2.05) is 29.2 Å². The Kier molecular flexibility index (Phi) is 2.69. The Morgan fingerprint density at radius 2 is 2.18 bits per heavy atom. The first-order valence-corrected chi connectivity index (χ1v) is 4.77. The van der Waals surface area contributed by atoms with Gasteiger partial charge in [0.1, 0.15) is 0 Å². The predicted molar refractivity (Wildman–Crippen MR) is 42.6 cm³/mol. The first-order valence-electron chi connectivity index (χ1n) is 2.92. The molecule has 1 aromatic rings. The molecule has 0 aliphatic heterocycles. The fraction of sp³-hybridized carbons (Fsp3) is 0. The Bertz CT molecular complexity index is 319. The summed E-state index contributed by atoms with van der Waals surface area (Å²) in [6.45, 7) is 0.